The van der Waals surface area contributed by atoms with Crippen LogP contribution in [0.25, 0.3) is 0 Å². The minimum Gasteiger partial charge on any atom is -0.357 e. The Bertz CT molecular complexity index is 408. The molecule has 6 nitrogen and oxygen atoms in total. The van der Waals surface area contributed by atoms with Gasteiger partial charge in [0.15, 0.2) is 5.96 Å². The first kappa shape index (κ1) is 17.5. The largest absolute Gasteiger partial charge is 0.357 e. The number of aryl methyl sites for hydroxylation is 1. The summed E-state index contributed by atoms with van der Waals surface area (Å²) in [4.78, 5) is 7.03. The average Bonchev–Trinajstić information content (AvgIpc) is 2.90. The van der Waals surface area contributed by atoms with Crippen LogP contribution >= 0.6 is 0 Å². The molecular formula is C15H30N6. The summed E-state index contributed by atoms with van der Waals surface area (Å²) in [6.07, 6.45) is 2.92. The van der Waals surface area contributed by atoms with Gasteiger partial charge in [-0.3, -0.25) is 4.68 Å². The Labute approximate surface area is 128 Å². The van der Waals surface area contributed by atoms with Crippen LogP contribution in [-0.2, 0) is 13.6 Å². The highest BCUT2D eigenvalue weighted by Gasteiger charge is 2.01. The maximum Gasteiger partial charge on any atom is 0.191 e. The van der Waals surface area contributed by atoms with Crippen molar-refractivity contribution in [3.05, 3.63) is 18.0 Å². The van der Waals surface area contributed by atoms with Crippen LogP contribution in [-0.4, -0.2) is 53.4 Å². The van der Waals surface area contributed by atoms with E-state index in [2.05, 4.69) is 46.4 Å². The Morgan fingerprint density at radius 2 is 2.05 bits per heavy atom. The quantitative estimate of drug-likeness (QED) is 0.408. The molecule has 0 amide bonds. The van der Waals surface area contributed by atoms with Crippen LogP contribution < -0.4 is 10.6 Å². The number of nitrogens with zero attached hydrogens (tertiary/aromatic N) is 4. The predicted octanol–water partition coefficient (Wildman–Crippen LogP) is 1.21. The van der Waals surface area contributed by atoms with E-state index >= 15 is 0 Å². The SMILES string of the molecule is CCNC(=NCc1ccnn1C)NCCCN(CC)CC. The molecule has 0 atom stereocenters. The van der Waals surface area contributed by atoms with Crippen molar-refractivity contribution < 1.29 is 0 Å². The zero-order chi connectivity index (χ0) is 15.5. The monoisotopic (exact) mass is 294 g/mol. The fourth-order valence-corrected chi connectivity index (χ4v) is 2.11. The predicted molar refractivity (Wildman–Crippen MR) is 88.4 cm³/mol. The zero-order valence-corrected chi connectivity index (χ0v) is 13.9. The molecule has 0 saturated carbocycles. The van der Waals surface area contributed by atoms with E-state index in [9.17, 15) is 0 Å². The minimum atomic E-state index is 0.641. The molecule has 1 heterocycles. The van der Waals surface area contributed by atoms with Crippen molar-refractivity contribution in [3.63, 3.8) is 0 Å². The average molecular weight is 294 g/mol. The van der Waals surface area contributed by atoms with Gasteiger partial charge in [-0.05, 0) is 39.0 Å². The molecular weight excluding hydrogens is 264 g/mol. The van der Waals surface area contributed by atoms with E-state index in [4.69, 9.17) is 0 Å². The summed E-state index contributed by atoms with van der Waals surface area (Å²) < 4.78 is 1.85. The molecule has 0 spiro atoms. The third-order valence-electron chi connectivity index (χ3n) is 3.50. The second-order valence-electron chi connectivity index (χ2n) is 4.95. The molecule has 0 saturated heterocycles. The van der Waals surface area contributed by atoms with E-state index in [-0.39, 0.29) is 0 Å². The number of rotatable bonds is 9. The van der Waals surface area contributed by atoms with Gasteiger partial charge in [0.1, 0.15) is 0 Å². The first-order valence-electron chi connectivity index (χ1n) is 7.92. The highest BCUT2D eigenvalue weighted by atomic mass is 15.3. The van der Waals surface area contributed by atoms with Crippen molar-refractivity contribution >= 4 is 5.96 Å². The van der Waals surface area contributed by atoms with E-state index in [1.807, 2.05) is 17.8 Å². The van der Waals surface area contributed by atoms with Gasteiger partial charge < -0.3 is 15.5 Å². The van der Waals surface area contributed by atoms with Gasteiger partial charge in [0, 0.05) is 26.3 Å². The molecule has 0 aliphatic rings. The third-order valence-corrected chi connectivity index (χ3v) is 3.50. The molecule has 0 radical (unpaired) electrons. The van der Waals surface area contributed by atoms with Crippen molar-refractivity contribution in [2.24, 2.45) is 12.0 Å². The summed E-state index contributed by atoms with van der Waals surface area (Å²) in [6.45, 7) is 12.3. The van der Waals surface area contributed by atoms with Crippen LogP contribution in [0.3, 0.4) is 0 Å². The Morgan fingerprint density at radius 1 is 1.29 bits per heavy atom. The number of aromatic nitrogens is 2. The maximum atomic E-state index is 4.59. The van der Waals surface area contributed by atoms with Crippen molar-refractivity contribution in [1.82, 2.24) is 25.3 Å². The van der Waals surface area contributed by atoms with Gasteiger partial charge >= 0.3 is 0 Å². The molecule has 2 N–H and O–H groups in total. The first-order valence-corrected chi connectivity index (χ1v) is 7.92. The second-order valence-corrected chi connectivity index (χ2v) is 4.95. The Kier molecular flexibility index (Phi) is 8.50. The summed E-state index contributed by atoms with van der Waals surface area (Å²) in [5, 5.41) is 10.8. The lowest BCUT2D eigenvalue weighted by Crippen LogP contribution is -2.38. The van der Waals surface area contributed by atoms with Crippen molar-refractivity contribution in [2.45, 2.75) is 33.7 Å². The lowest BCUT2D eigenvalue weighted by Gasteiger charge is -2.18. The molecule has 1 aromatic heterocycles. The van der Waals surface area contributed by atoms with Gasteiger partial charge in [0.05, 0.1) is 12.2 Å². The van der Waals surface area contributed by atoms with Crippen LogP contribution in [0.4, 0.5) is 0 Å². The molecule has 0 fully saturated rings. The maximum absolute atomic E-state index is 4.59. The fourth-order valence-electron chi connectivity index (χ4n) is 2.11. The molecule has 0 aliphatic heterocycles. The zero-order valence-electron chi connectivity index (χ0n) is 13.9. The Morgan fingerprint density at radius 3 is 2.62 bits per heavy atom. The summed E-state index contributed by atoms with van der Waals surface area (Å²) in [6, 6.07) is 1.99. The molecule has 0 aliphatic carbocycles. The summed E-state index contributed by atoms with van der Waals surface area (Å²) in [5.74, 6) is 0.873. The molecule has 6 heteroatoms. The molecule has 1 rings (SSSR count). The molecule has 0 unspecified atom stereocenters. The van der Waals surface area contributed by atoms with Gasteiger partial charge in [-0.2, -0.15) is 5.10 Å². The second kappa shape index (κ2) is 10.2. The lowest BCUT2D eigenvalue weighted by atomic mass is 10.3. The lowest BCUT2D eigenvalue weighted by molar-refractivity contribution is 0.300. The van der Waals surface area contributed by atoms with Gasteiger partial charge in [-0.15, -0.1) is 0 Å². The summed E-state index contributed by atoms with van der Waals surface area (Å²) >= 11 is 0. The van der Waals surface area contributed by atoms with Crippen LogP contribution in [0.15, 0.2) is 17.3 Å². The first-order chi connectivity index (χ1) is 10.2. The standard InChI is InChI=1S/C15H30N6/c1-5-16-15(17-10-8-12-21(6-2)7-3)18-13-14-9-11-19-20(14)4/h9,11H,5-8,10,12-13H2,1-4H3,(H2,16,17,18). The van der Waals surface area contributed by atoms with Crippen molar-refractivity contribution in [3.8, 4) is 0 Å². The van der Waals surface area contributed by atoms with Crippen molar-refractivity contribution in [2.75, 3.05) is 32.7 Å². The number of hydrogen-bond acceptors (Lipinski definition) is 3. The normalized spacial score (nSPS) is 12.0. The molecule has 0 bridgehead atoms. The van der Waals surface area contributed by atoms with E-state index in [0.717, 1.165) is 50.8 Å². The summed E-state index contributed by atoms with van der Waals surface area (Å²) in [5.41, 5.74) is 1.11. The topological polar surface area (TPSA) is 57.5 Å². The van der Waals surface area contributed by atoms with Gasteiger partial charge in [0.25, 0.3) is 0 Å². The molecule has 0 aromatic carbocycles. The molecule has 120 valence electrons. The Hall–Kier alpha value is -1.56. The number of nitrogens with one attached hydrogen (secondary N) is 2. The van der Waals surface area contributed by atoms with Gasteiger partial charge in [-0.1, -0.05) is 13.8 Å². The minimum absolute atomic E-state index is 0.641. The van der Waals surface area contributed by atoms with Crippen LogP contribution in [0.5, 0.6) is 0 Å². The highest BCUT2D eigenvalue weighted by molar-refractivity contribution is 5.79. The summed E-state index contributed by atoms with van der Waals surface area (Å²) in [7, 11) is 1.94. The van der Waals surface area contributed by atoms with Crippen LogP contribution in [0, 0.1) is 0 Å². The van der Waals surface area contributed by atoms with Gasteiger partial charge in [-0.25, -0.2) is 4.99 Å². The number of guanidine groups is 1. The Balaban J connectivity index is 2.37. The van der Waals surface area contributed by atoms with E-state index < -0.39 is 0 Å². The molecule has 1 aromatic rings. The third kappa shape index (κ3) is 6.62. The smallest absolute Gasteiger partial charge is 0.191 e. The van der Waals surface area contributed by atoms with E-state index in [1.165, 1.54) is 0 Å². The highest BCUT2D eigenvalue weighted by Crippen LogP contribution is 1.98. The number of aliphatic imine (C=N–C) groups is 1. The van der Waals surface area contributed by atoms with Gasteiger partial charge in [0.2, 0.25) is 0 Å². The van der Waals surface area contributed by atoms with Crippen LogP contribution in [0.1, 0.15) is 32.9 Å². The molecule has 21 heavy (non-hydrogen) atoms. The van der Waals surface area contributed by atoms with E-state index in [0.29, 0.717) is 6.54 Å². The number of hydrogen-bond donors (Lipinski definition) is 2. The van der Waals surface area contributed by atoms with Crippen LogP contribution in [0.2, 0.25) is 0 Å². The fraction of sp³-hybridized carbons (Fsp3) is 0.733. The van der Waals surface area contributed by atoms with Crippen molar-refractivity contribution in [1.29, 1.82) is 0 Å². The van der Waals surface area contributed by atoms with E-state index in [1.54, 1.807) is 6.20 Å².